The molecule has 2 rings (SSSR count). The number of nitrogens with one attached hydrogen (secondary N) is 2. The van der Waals surface area contributed by atoms with Crippen molar-refractivity contribution in [2.45, 2.75) is 43.5 Å². The molecule has 1 aromatic rings. The highest BCUT2D eigenvalue weighted by Crippen LogP contribution is 2.25. The Labute approximate surface area is 114 Å². The summed E-state index contributed by atoms with van der Waals surface area (Å²) in [6.07, 6.45) is 6.88. The van der Waals surface area contributed by atoms with E-state index in [0.29, 0.717) is 11.9 Å². The molecule has 7 heteroatoms. The van der Waals surface area contributed by atoms with E-state index < -0.39 is 10.0 Å². The van der Waals surface area contributed by atoms with Crippen LogP contribution in [0.25, 0.3) is 0 Å². The lowest BCUT2D eigenvalue weighted by atomic mass is 9.87. The normalized spacial score (nSPS) is 24.1. The van der Waals surface area contributed by atoms with Crippen molar-refractivity contribution in [3.8, 4) is 0 Å². The van der Waals surface area contributed by atoms with Crippen LogP contribution < -0.4 is 10.0 Å². The van der Waals surface area contributed by atoms with Crippen LogP contribution in [0, 0.1) is 5.92 Å². The van der Waals surface area contributed by atoms with Crippen LogP contribution in [0.1, 0.15) is 32.6 Å². The summed E-state index contributed by atoms with van der Waals surface area (Å²) in [5.41, 5.74) is 0. The molecule has 0 spiro atoms. The summed E-state index contributed by atoms with van der Waals surface area (Å²) < 4.78 is 27.2. The smallest absolute Gasteiger partial charge is 0.243 e. The van der Waals surface area contributed by atoms with Gasteiger partial charge in [-0.2, -0.15) is 0 Å². The summed E-state index contributed by atoms with van der Waals surface area (Å²) >= 11 is 0. The lowest BCUT2D eigenvalue weighted by Gasteiger charge is -2.29. The predicted molar refractivity (Wildman–Crippen MR) is 73.3 cm³/mol. The van der Waals surface area contributed by atoms with Gasteiger partial charge in [0.25, 0.3) is 0 Å². The van der Waals surface area contributed by atoms with Gasteiger partial charge in [0.2, 0.25) is 16.0 Å². The molecule has 0 radical (unpaired) electrons. The largest absolute Gasteiger partial charge is 0.357 e. The van der Waals surface area contributed by atoms with Crippen molar-refractivity contribution in [3.63, 3.8) is 0 Å². The van der Waals surface area contributed by atoms with Gasteiger partial charge in [-0.1, -0.05) is 19.8 Å². The standard InChI is InChI=1S/C12H20N4O2S/c1-9-5-3-4-6-11(9)16-19(17,18)10-7-14-12(13-2)15-8-10/h7-9,11,16H,3-6H2,1-2H3,(H,13,14,15). The van der Waals surface area contributed by atoms with E-state index in [9.17, 15) is 8.42 Å². The van der Waals surface area contributed by atoms with E-state index in [1.54, 1.807) is 7.05 Å². The van der Waals surface area contributed by atoms with E-state index in [-0.39, 0.29) is 10.9 Å². The summed E-state index contributed by atoms with van der Waals surface area (Å²) in [6.45, 7) is 2.09. The molecule has 1 aliphatic rings. The number of rotatable bonds is 4. The van der Waals surface area contributed by atoms with Crippen molar-refractivity contribution in [2.24, 2.45) is 5.92 Å². The Balaban J connectivity index is 2.12. The van der Waals surface area contributed by atoms with E-state index in [1.165, 1.54) is 18.8 Å². The molecule has 2 unspecified atom stereocenters. The zero-order chi connectivity index (χ0) is 13.9. The summed E-state index contributed by atoms with van der Waals surface area (Å²) in [6, 6.07) is 0.0164. The van der Waals surface area contributed by atoms with Gasteiger partial charge in [-0.15, -0.1) is 0 Å². The molecule has 106 valence electrons. The fourth-order valence-electron chi connectivity index (χ4n) is 2.34. The fourth-order valence-corrected chi connectivity index (χ4v) is 3.61. The Hall–Kier alpha value is -1.21. The number of sulfonamides is 1. The van der Waals surface area contributed by atoms with Crippen LogP contribution in [0.2, 0.25) is 0 Å². The number of nitrogens with zero attached hydrogens (tertiary/aromatic N) is 2. The van der Waals surface area contributed by atoms with E-state index in [2.05, 4.69) is 26.9 Å². The van der Waals surface area contributed by atoms with Gasteiger partial charge in [-0.05, 0) is 18.8 Å². The second-order valence-corrected chi connectivity index (χ2v) is 6.70. The van der Waals surface area contributed by atoms with Gasteiger partial charge in [-0.3, -0.25) is 0 Å². The van der Waals surface area contributed by atoms with Gasteiger partial charge in [0.1, 0.15) is 4.90 Å². The first-order valence-electron chi connectivity index (χ1n) is 6.55. The molecule has 2 atom stereocenters. The van der Waals surface area contributed by atoms with Crippen LogP contribution in [0.3, 0.4) is 0 Å². The third kappa shape index (κ3) is 3.42. The maximum Gasteiger partial charge on any atom is 0.243 e. The third-order valence-corrected chi connectivity index (χ3v) is 5.02. The molecule has 6 nitrogen and oxygen atoms in total. The highest BCUT2D eigenvalue weighted by molar-refractivity contribution is 7.89. The molecule has 1 aromatic heterocycles. The number of aromatic nitrogens is 2. The third-order valence-electron chi connectivity index (χ3n) is 3.58. The van der Waals surface area contributed by atoms with E-state index in [0.717, 1.165) is 19.3 Å². The number of hydrogen-bond donors (Lipinski definition) is 2. The molecule has 1 heterocycles. The fraction of sp³-hybridized carbons (Fsp3) is 0.667. The molecule has 0 bridgehead atoms. The van der Waals surface area contributed by atoms with Gasteiger partial charge in [0, 0.05) is 13.1 Å². The zero-order valence-corrected chi connectivity index (χ0v) is 12.1. The molecule has 19 heavy (non-hydrogen) atoms. The van der Waals surface area contributed by atoms with Crippen LogP contribution in [-0.2, 0) is 10.0 Å². The molecule has 0 aliphatic heterocycles. The minimum absolute atomic E-state index is 0.0164. The van der Waals surface area contributed by atoms with Crippen molar-refractivity contribution in [3.05, 3.63) is 12.4 Å². The van der Waals surface area contributed by atoms with Crippen LogP contribution in [-0.4, -0.2) is 31.5 Å². The average Bonchev–Trinajstić information content (AvgIpc) is 2.41. The van der Waals surface area contributed by atoms with Crippen molar-refractivity contribution in [1.82, 2.24) is 14.7 Å². The van der Waals surface area contributed by atoms with Crippen LogP contribution in [0.5, 0.6) is 0 Å². The summed E-state index contributed by atoms with van der Waals surface area (Å²) in [5, 5.41) is 2.76. The zero-order valence-electron chi connectivity index (χ0n) is 11.3. The molecule has 1 aliphatic carbocycles. The molecule has 2 N–H and O–H groups in total. The summed E-state index contributed by atoms with van der Waals surface area (Å²) in [5.74, 6) is 0.783. The molecule has 1 fully saturated rings. The van der Waals surface area contributed by atoms with E-state index in [1.807, 2.05) is 0 Å². The Bertz CT molecular complexity index is 515. The number of hydrogen-bond acceptors (Lipinski definition) is 5. The highest BCUT2D eigenvalue weighted by Gasteiger charge is 2.27. The second-order valence-electron chi connectivity index (χ2n) is 4.98. The maximum absolute atomic E-state index is 12.2. The SMILES string of the molecule is CNc1ncc(S(=O)(=O)NC2CCCCC2C)cn1. The Morgan fingerprint density at radius 2 is 1.84 bits per heavy atom. The topological polar surface area (TPSA) is 84.0 Å². The van der Waals surface area contributed by atoms with Crippen molar-refractivity contribution in [2.75, 3.05) is 12.4 Å². The minimum atomic E-state index is -3.52. The average molecular weight is 284 g/mol. The molecule has 0 amide bonds. The monoisotopic (exact) mass is 284 g/mol. The lowest BCUT2D eigenvalue weighted by Crippen LogP contribution is -2.41. The van der Waals surface area contributed by atoms with Crippen LogP contribution in [0.15, 0.2) is 17.3 Å². The van der Waals surface area contributed by atoms with Gasteiger partial charge < -0.3 is 5.32 Å². The summed E-state index contributed by atoms with van der Waals surface area (Å²) in [4.78, 5) is 7.98. The molecule has 0 saturated heterocycles. The van der Waals surface area contributed by atoms with Crippen molar-refractivity contribution >= 4 is 16.0 Å². The van der Waals surface area contributed by atoms with E-state index in [4.69, 9.17) is 0 Å². The highest BCUT2D eigenvalue weighted by atomic mass is 32.2. The molecular weight excluding hydrogens is 264 g/mol. The van der Waals surface area contributed by atoms with Gasteiger partial charge in [-0.25, -0.2) is 23.1 Å². The molecular formula is C12H20N4O2S. The first-order chi connectivity index (χ1) is 9.03. The first kappa shape index (κ1) is 14.2. The molecule has 0 aromatic carbocycles. The first-order valence-corrected chi connectivity index (χ1v) is 8.03. The molecule has 1 saturated carbocycles. The van der Waals surface area contributed by atoms with Crippen LogP contribution >= 0.6 is 0 Å². The van der Waals surface area contributed by atoms with Crippen molar-refractivity contribution < 1.29 is 8.42 Å². The van der Waals surface area contributed by atoms with Crippen LogP contribution in [0.4, 0.5) is 5.95 Å². The van der Waals surface area contributed by atoms with Gasteiger partial charge in [0.15, 0.2) is 0 Å². The van der Waals surface area contributed by atoms with Gasteiger partial charge in [0.05, 0.1) is 12.4 Å². The summed E-state index contributed by atoms with van der Waals surface area (Å²) in [7, 11) is -1.83. The maximum atomic E-state index is 12.2. The quantitative estimate of drug-likeness (QED) is 0.872. The Morgan fingerprint density at radius 3 is 2.42 bits per heavy atom. The van der Waals surface area contributed by atoms with Gasteiger partial charge >= 0.3 is 0 Å². The van der Waals surface area contributed by atoms with E-state index >= 15 is 0 Å². The number of anilines is 1. The Kier molecular flexibility index (Phi) is 4.36. The minimum Gasteiger partial charge on any atom is -0.357 e. The van der Waals surface area contributed by atoms with Crippen molar-refractivity contribution in [1.29, 1.82) is 0 Å². The predicted octanol–water partition coefficient (Wildman–Crippen LogP) is 1.38. The second kappa shape index (κ2) is 5.83. The Morgan fingerprint density at radius 1 is 1.21 bits per heavy atom. The lowest BCUT2D eigenvalue weighted by molar-refractivity contribution is 0.310.